The Balaban J connectivity index is 1.97. The molecule has 0 bridgehead atoms. The van der Waals surface area contributed by atoms with Crippen molar-refractivity contribution >= 4 is 0 Å². The van der Waals surface area contributed by atoms with Crippen molar-refractivity contribution in [3.63, 3.8) is 0 Å². The molecule has 2 N–H and O–H groups in total. The van der Waals surface area contributed by atoms with E-state index in [0.717, 1.165) is 6.54 Å². The second-order valence-electron chi connectivity index (χ2n) is 5.16. The van der Waals surface area contributed by atoms with Crippen LogP contribution in [0.2, 0.25) is 0 Å². The lowest BCUT2D eigenvalue weighted by Crippen LogP contribution is -2.27. The van der Waals surface area contributed by atoms with Gasteiger partial charge in [0.25, 0.3) is 0 Å². The van der Waals surface area contributed by atoms with Crippen LogP contribution in [0.4, 0.5) is 4.39 Å². The summed E-state index contributed by atoms with van der Waals surface area (Å²) in [6.07, 6.45) is 3.74. The summed E-state index contributed by atoms with van der Waals surface area (Å²) in [4.78, 5) is 0. The number of halogens is 1. The van der Waals surface area contributed by atoms with E-state index in [1.807, 2.05) is 6.92 Å². The van der Waals surface area contributed by atoms with Crippen molar-refractivity contribution in [1.82, 2.24) is 5.32 Å². The number of rotatable bonds is 5. The van der Waals surface area contributed by atoms with Crippen LogP contribution in [0.25, 0.3) is 0 Å². The highest BCUT2D eigenvalue weighted by Crippen LogP contribution is 2.48. The quantitative estimate of drug-likeness (QED) is 0.823. The van der Waals surface area contributed by atoms with E-state index in [0.29, 0.717) is 11.0 Å². The van der Waals surface area contributed by atoms with E-state index in [9.17, 15) is 4.39 Å². The summed E-state index contributed by atoms with van der Waals surface area (Å²) in [6.45, 7) is 5.12. The maximum absolute atomic E-state index is 13.6. The van der Waals surface area contributed by atoms with Gasteiger partial charge in [-0.05, 0) is 37.7 Å². The predicted octanol–water partition coefficient (Wildman–Crippen LogP) is 3.37. The van der Waals surface area contributed by atoms with Gasteiger partial charge in [0.15, 0.2) is 0 Å². The lowest BCUT2D eigenvalue weighted by atomic mass is 10.0. The third-order valence-electron chi connectivity index (χ3n) is 3.94. The van der Waals surface area contributed by atoms with Crippen LogP contribution < -0.4 is 5.32 Å². The number of phenols is 1. The van der Waals surface area contributed by atoms with Crippen LogP contribution in [-0.4, -0.2) is 11.7 Å². The molecule has 1 aliphatic rings. The fourth-order valence-electron chi connectivity index (χ4n) is 2.18. The van der Waals surface area contributed by atoms with Crippen LogP contribution >= 0.6 is 0 Å². The summed E-state index contributed by atoms with van der Waals surface area (Å²) in [6, 6.07) is 4.33. The van der Waals surface area contributed by atoms with Crippen LogP contribution in [0, 0.1) is 11.2 Å². The van der Waals surface area contributed by atoms with Gasteiger partial charge in [0.1, 0.15) is 11.6 Å². The van der Waals surface area contributed by atoms with Crippen LogP contribution in [0.5, 0.6) is 5.75 Å². The molecule has 2 rings (SSSR count). The van der Waals surface area contributed by atoms with Crippen molar-refractivity contribution < 1.29 is 9.50 Å². The van der Waals surface area contributed by atoms with E-state index in [-0.39, 0.29) is 17.6 Å². The Morgan fingerprint density at radius 3 is 2.71 bits per heavy atom. The summed E-state index contributed by atoms with van der Waals surface area (Å²) >= 11 is 0. The number of aromatic hydroxyl groups is 1. The van der Waals surface area contributed by atoms with Gasteiger partial charge in [-0.3, -0.25) is 0 Å². The van der Waals surface area contributed by atoms with Crippen molar-refractivity contribution in [3.8, 4) is 5.75 Å². The van der Waals surface area contributed by atoms with Gasteiger partial charge in [-0.1, -0.05) is 13.0 Å². The van der Waals surface area contributed by atoms with E-state index >= 15 is 0 Å². The Kier molecular flexibility index (Phi) is 3.38. The first-order chi connectivity index (χ1) is 8.06. The van der Waals surface area contributed by atoms with Crippen molar-refractivity contribution in [2.45, 2.75) is 39.2 Å². The van der Waals surface area contributed by atoms with Crippen molar-refractivity contribution in [1.29, 1.82) is 0 Å². The molecular weight excluding hydrogens is 217 g/mol. The largest absolute Gasteiger partial charge is 0.508 e. The average molecular weight is 237 g/mol. The molecule has 94 valence electrons. The molecular formula is C14H20FNO. The predicted molar refractivity (Wildman–Crippen MR) is 66.4 cm³/mol. The smallest absolute Gasteiger partial charge is 0.131 e. The minimum Gasteiger partial charge on any atom is -0.508 e. The van der Waals surface area contributed by atoms with Gasteiger partial charge < -0.3 is 10.4 Å². The van der Waals surface area contributed by atoms with Crippen LogP contribution in [0.15, 0.2) is 18.2 Å². The van der Waals surface area contributed by atoms with E-state index in [2.05, 4.69) is 12.2 Å². The summed E-state index contributed by atoms with van der Waals surface area (Å²) < 4.78 is 13.6. The Labute approximate surface area is 102 Å². The first-order valence-corrected chi connectivity index (χ1v) is 6.28. The molecule has 1 aromatic carbocycles. The number of hydrogen-bond acceptors (Lipinski definition) is 2. The van der Waals surface area contributed by atoms with E-state index in [1.165, 1.54) is 31.4 Å². The SMILES string of the molecule is CCC1(CNC(C)c2ccc(O)cc2F)CC1. The molecule has 17 heavy (non-hydrogen) atoms. The molecule has 0 radical (unpaired) electrons. The molecule has 1 fully saturated rings. The van der Waals surface area contributed by atoms with Gasteiger partial charge >= 0.3 is 0 Å². The van der Waals surface area contributed by atoms with Gasteiger partial charge in [0, 0.05) is 24.2 Å². The Hall–Kier alpha value is -1.09. The Bertz CT molecular complexity index is 401. The monoisotopic (exact) mass is 237 g/mol. The normalized spacial score (nSPS) is 19.0. The first-order valence-electron chi connectivity index (χ1n) is 6.28. The third-order valence-corrected chi connectivity index (χ3v) is 3.94. The molecule has 1 unspecified atom stereocenters. The number of nitrogens with one attached hydrogen (secondary N) is 1. The molecule has 0 aliphatic heterocycles. The molecule has 0 amide bonds. The second kappa shape index (κ2) is 4.65. The standard InChI is InChI=1S/C14H20FNO/c1-3-14(6-7-14)9-16-10(2)12-5-4-11(17)8-13(12)15/h4-5,8,10,16-17H,3,6-7,9H2,1-2H3. The van der Waals surface area contributed by atoms with Gasteiger partial charge in [0.2, 0.25) is 0 Å². The first kappa shape index (κ1) is 12.4. The molecule has 0 saturated heterocycles. The van der Waals surface area contributed by atoms with Gasteiger partial charge in [0.05, 0.1) is 0 Å². The maximum atomic E-state index is 13.6. The summed E-state index contributed by atoms with van der Waals surface area (Å²) in [7, 11) is 0. The molecule has 0 aromatic heterocycles. The molecule has 1 saturated carbocycles. The molecule has 2 nitrogen and oxygen atoms in total. The average Bonchev–Trinajstić information content (AvgIpc) is 3.07. The van der Waals surface area contributed by atoms with E-state index in [4.69, 9.17) is 5.11 Å². The van der Waals surface area contributed by atoms with Crippen LogP contribution in [0.3, 0.4) is 0 Å². The van der Waals surface area contributed by atoms with Crippen molar-refractivity contribution in [2.24, 2.45) is 5.41 Å². The lowest BCUT2D eigenvalue weighted by Gasteiger charge is -2.19. The van der Waals surface area contributed by atoms with E-state index < -0.39 is 0 Å². The lowest BCUT2D eigenvalue weighted by molar-refractivity contribution is 0.407. The van der Waals surface area contributed by atoms with Gasteiger partial charge in [-0.2, -0.15) is 0 Å². The number of hydrogen-bond donors (Lipinski definition) is 2. The molecule has 0 spiro atoms. The Morgan fingerprint density at radius 1 is 1.47 bits per heavy atom. The van der Waals surface area contributed by atoms with Crippen molar-refractivity contribution in [3.05, 3.63) is 29.6 Å². The zero-order valence-electron chi connectivity index (χ0n) is 10.5. The second-order valence-corrected chi connectivity index (χ2v) is 5.16. The van der Waals surface area contributed by atoms with E-state index in [1.54, 1.807) is 6.07 Å². The summed E-state index contributed by atoms with van der Waals surface area (Å²) in [5, 5.41) is 12.6. The van der Waals surface area contributed by atoms with Crippen LogP contribution in [0.1, 0.15) is 44.7 Å². The minimum absolute atomic E-state index is 0.0142. The highest BCUT2D eigenvalue weighted by molar-refractivity contribution is 5.29. The zero-order chi connectivity index (χ0) is 12.5. The fraction of sp³-hybridized carbons (Fsp3) is 0.571. The summed E-state index contributed by atoms with van der Waals surface area (Å²) in [5.74, 6) is -0.364. The zero-order valence-corrected chi connectivity index (χ0v) is 10.5. The van der Waals surface area contributed by atoms with Crippen molar-refractivity contribution in [2.75, 3.05) is 6.54 Å². The summed E-state index contributed by atoms with van der Waals surface area (Å²) in [5.41, 5.74) is 1.08. The third kappa shape index (κ3) is 2.78. The Morgan fingerprint density at radius 2 is 2.18 bits per heavy atom. The molecule has 1 aromatic rings. The number of benzene rings is 1. The maximum Gasteiger partial charge on any atom is 0.131 e. The van der Waals surface area contributed by atoms with Crippen LogP contribution in [-0.2, 0) is 0 Å². The van der Waals surface area contributed by atoms with Gasteiger partial charge in [-0.15, -0.1) is 0 Å². The minimum atomic E-state index is -0.341. The van der Waals surface area contributed by atoms with Gasteiger partial charge in [-0.25, -0.2) is 4.39 Å². The molecule has 1 aliphatic carbocycles. The fourth-order valence-corrected chi connectivity index (χ4v) is 2.18. The highest BCUT2D eigenvalue weighted by atomic mass is 19.1. The molecule has 0 heterocycles. The molecule has 3 heteroatoms. The molecule has 1 atom stereocenters. The topological polar surface area (TPSA) is 32.3 Å². The number of phenolic OH excluding ortho intramolecular Hbond substituents is 1. The highest BCUT2D eigenvalue weighted by Gasteiger charge is 2.40.